The number of carbonyl (C=O) groups is 2. The van der Waals surface area contributed by atoms with Gasteiger partial charge in [0.25, 0.3) is 5.91 Å². The van der Waals surface area contributed by atoms with Gasteiger partial charge in [-0.15, -0.1) is 0 Å². The molecule has 2 aromatic rings. The lowest BCUT2D eigenvalue weighted by Gasteiger charge is -2.32. The van der Waals surface area contributed by atoms with Crippen LogP contribution in [-0.4, -0.2) is 29.8 Å². The minimum Gasteiger partial charge on any atom is -0.338 e. The zero-order chi connectivity index (χ0) is 19.6. The second-order valence-corrected chi connectivity index (χ2v) is 7.36. The molecule has 0 saturated carbocycles. The van der Waals surface area contributed by atoms with Crippen molar-refractivity contribution in [3.63, 3.8) is 0 Å². The van der Waals surface area contributed by atoms with Crippen molar-refractivity contribution in [1.29, 1.82) is 0 Å². The van der Waals surface area contributed by atoms with Gasteiger partial charge in [0.2, 0.25) is 5.91 Å². The Morgan fingerprint density at radius 1 is 1.07 bits per heavy atom. The number of anilines is 1. The molecule has 1 fully saturated rings. The summed E-state index contributed by atoms with van der Waals surface area (Å²) in [6.07, 6.45) is 1.53. The fourth-order valence-corrected chi connectivity index (χ4v) is 3.75. The normalized spacial score (nSPS) is 16.9. The number of aryl methyl sites for hydroxylation is 3. The van der Waals surface area contributed by atoms with Crippen LogP contribution in [0.3, 0.4) is 0 Å². The number of hydrogen-bond acceptors (Lipinski definition) is 2. The standard InChI is InChI=1S/C22H25FN2O2/c1-14-11-15(2)20(16(3)12-14)24-21(26)18-5-4-10-25(13-18)22(27)17-6-8-19(23)9-7-17/h6-9,11-12,18H,4-5,10,13H2,1-3H3,(H,24,26). The molecule has 0 aliphatic carbocycles. The molecule has 1 saturated heterocycles. The number of nitrogens with one attached hydrogen (secondary N) is 1. The fourth-order valence-electron chi connectivity index (χ4n) is 3.75. The van der Waals surface area contributed by atoms with E-state index in [0.29, 0.717) is 18.7 Å². The lowest BCUT2D eigenvalue weighted by atomic mass is 9.95. The summed E-state index contributed by atoms with van der Waals surface area (Å²) in [6, 6.07) is 9.64. The molecule has 2 aromatic carbocycles. The van der Waals surface area contributed by atoms with Crippen LogP contribution in [0.4, 0.5) is 10.1 Å². The molecule has 1 N–H and O–H groups in total. The fraction of sp³-hybridized carbons (Fsp3) is 0.364. The van der Waals surface area contributed by atoms with Gasteiger partial charge in [-0.05, 0) is 69.0 Å². The predicted molar refractivity (Wildman–Crippen MR) is 104 cm³/mol. The molecule has 1 heterocycles. The van der Waals surface area contributed by atoms with E-state index in [1.165, 1.54) is 24.3 Å². The molecule has 1 atom stereocenters. The van der Waals surface area contributed by atoms with Crippen LogP contribution in [0.25, 0.3) is 0 Å². The van der Waals surface area contributed by atoms with Crippen LogP contribution in [0, 0.1) is 32.5 Å². The molecule has 1 unspecified atom stereocenters. The summed E-state index contributed by atoms with van der Waals surface area (Å²) >= 11 is 0. The molecule has 2 amide bonds. The molecule has 0 spiro atoms. The van der Waals surface area contributed by atoms with Crippen molar-refractivity contribution in [2.75, 3.05) is 18.4 Å². The number of rotatable bonds is 3. The van der Waals surface area contributed by atoms with E-state index >= 15 is 0 Å². The predicted octanol–water partition coefficient (Wildman–Crippen LogP) is 4.24. The lowest BCUT2D eigenvalue weighted by Crippen LogP contribution is -2.43. The van der Waals surface area contributed by atoms with Crippen molar-refractivity contribution in [3.05, 3.63) is 64.5 Å². The van der Waals surface area contributed by atoms with Gasteiger partial charge in [-0.3, -0.25) is 9.59 Å². The maximum absolute atomic E-state index is 13.1. The second-order valence-electron chi connectivity index (χ2n) is 7.36. The van der Waals surface area contributed by atoms with Crippen LogP contribution in [0.15, 0.2) is 36.4 Å². The summed E-state index contributed by atoms with van der Waals surface area (Å²) in [5.74, 6) is -0.827. The third-order valence-corrected chi connectivity index (χ3v) is 5.10. The summed E-state index contributed by atoms with van der Waals surface area (Å²) in [4.78, 5) is 27.2. The Morgan fingerprint density at radius 2 is 1.70 bits per heavy atom. The van der Waals surface area contributed by atoms with Crippen molar-refractivity contribution < 1.29 is 14.0 Å². The van der Waals surface area contributed by atoms with E-state index in [2.05, 4.69) is 5.32 Å². The molecule has 0 radical (unpaired) electrons. The van der Waals surface area contributed by atoms with Gasteiger partial charge >= 0.3 is 0 Å². The van der Waals surface area contributed by atoms with Crippen molar-refractivity contribution in [2.45, 2.75) is 33.6 Å². The maximum atomic E-state index is 13.1. The van der Waals surface area contributed by atoms with E-state index in [-0.39, 0.29) is 23.5 Å². The van der Waals surface area contributed by atoms with Crippen LogP contribution in [0.2, 0.25) is 0 Å². The van der Waals surface area contributed by atoms with E-state index in [1.807, 2.05) is 32.9 Å². The van der Waals surface area contributed by atoms with Gasteiger partial charge in [-0.25, -0.2) is 4.39 Å². The average molecular weight is 368 g/mol. The molecular weight excluding hydrogens is 343 g/mol. The molecule has 3 rings (SSSR count). The van der Waals surface area contributed by atoms with Crippen LogP contribution in [-0.2, 0) is 4.79 Å². The molecule has 1 aliphatic heterocycles. The summed E-state index contributed by atoms with van der Waals surface area (Å²) in [5.41, 5.74) is 4.54. The first-order valence-electron chi connectivity index (χ1n) is 9.28. The van der Waals surface area contributed by atoms with Crippen LogP contribution >= 0.6 is 0 Å². The number of piperidine rings is 1. The second kappa shape index (κ2) is 7.91. The van der Waals surface area contributed by atoms with Gasteiger partial charge in [0.15, 0.2) is 0 Å². The highest BCUT2D eigenvalue weighted by Crippen LogP contribution is 2.25. The number of nitrogens with zero attached hydrogens (tertiary/aromatic N) is 1. The van der Waals surface area contributed by atoms with Crippen LogP contribution in [0.1, 0.15) is 39.9 Å². The zero-order valence-electron chi connectivity index (χ0n) is 16.0. The minimum absolute atomic E-state index is 0.0540. The molecule has 27 heavy (non-hydrogen) atoms. The van der Waals surface area contributed by atoms with Gasteiger partial charge in [-0.2, -0.15) is 0 Å². The molecule has 142 valence electrons. The highest BCUT2D eigenvalue weighted by atomic mass is 19.1. The van der Waals surface area contributed by atoms with Crippen molar-refractivity contribution in [1.82, 2.24) is 4.90 Å². The Kier molecular flexibility index (Phi) is 5.59. The average Bonchev–Trinajstić information content (AvgIpc) is 2.64. The van der Waals surface area contributed by atoms with E-state index in [0.717, 1.165) is 35.2 Å². The third-order valence-electron chi connectivity index (χ3n) is 5.10. The Labute approximate surface area is 159 Å². The van der Waals surface area contributed by atoms with Gasteiger partial charge in [0, 0.05) is 24.3 Å². The number of amides is 2. The molecule has 0 bridgehead atoms. The summed E-state index contributed by atoms with van der Waals surface area (Å²) in [6.45, 7) is 7.00. The van der Waals surface area contributed by atoms with Crippen LogP contribution in [0.5, 0.6) is 0 Å². The van der Waals surface area contributed by atoms with E-state index in [4.69, 9.17) is 0 Å². The Balaban J connectivity index is 1.69. The van der Waals surface area contributed by atoms with Crippen LogP contribution < -0.4 is 5.32 Å². The molecule has 0 aromatic heterocycles. The van der Waals surface area contributed by atoms with E-state index in [9.17, 15) is 14.0 Å². The van der Waals surface area contributed by atoms with Gasteiger partial charge in [-0.1, -0.05) is 17.7 Å². The van der Waals surface area contributed by atoms with Gasteiger partial charge in [0.05, 0.1) is 5.92 Å². The Morgan fingerprint density at radius 3 is 2.33 bits per heavy atom. The quantitative estimate of drug-likeness (QED) is 0.881. The monoisotopic (exact) mass is 368 g/mol. The first-order valence-corrected chi connectivity index (χ1v) is 9.28. The molecule has 5 heteroatoms. The van der Waals surface area contributed by atoms with Crippen molar-refractivity contribution >= 4 is 17.5 Å². The smallest absolute Gasteiger partial charge is 0.253 e. The lowest BCUT2D eigenvalue weighted by molar-refractivity contribution is -0.121. The Bertz CT molecular complexity index is 838. The Hall–Kier alpha value is -2.69. The van der Waals surface area contributed by atoms with Crippen molar-refractivity contribution in [3.8, 4) is 0 Å². The SMILES string of the molecule is Cc1cc(C)c(NC(=O)C2CCCN(C(=O)c3ccc(F)cc3)C2)c(C)c1. The number of halogens is 1. The third kappa shape index (κ3) is 4.35. The largest absolute Gasteiger partial charge is 0.338 e. The molecular formula is C22H25FN2O2. The molecule has 4 nitrogen and oxygen atoms in total. The first-order chi connectivity index (χ1) is 12.8. The highest BCUT2D eigenvalue weighted by molar-refractivity contribution is 5.97. The maximum Gasteiger partial charge on any atom is 0.253 e. The molecule has 1 aliphatic rings. The highest BCUT2D eigenvalue weighted by Gasteiger charge is 2.29. The number of hydrogen-bond donors (Lipinski definition) is 1. The van der Waals surface area contributed by atoms with Gasteiger partial charge < -0.3 is 10.2 Å². The number of carbonyl (C=O) groups excluding carboxylic acids is 2. The van der Waals surface area contributed by atoms with E-state index in [1.54, 1.807) is 4.90 Å². The first kappa shape index (κ1) is 19.1. The summed E-state index contributed by atoms with van der Waals surface area (Å²) in [5, 5.41) is 3.06. The van der Waals surface area contributed by atoms with Crippen molar-refractivity contribution in [2.24, 2.45) is 5.92 Å². The summed E-state index contributed by atoms with van der Waals surface area (Å²) in [7, 11) is 0. The number of likely N-dealkylation sites (tertiary alicyclic amines) is 1. The van der Waals surface area contributed by atoms with E-state index < -0.39 is 0 Å². The minimum atomic E-state index is -0.369. The summed E-state index contributed by atoms with van der Waals surface area (Å²) < 4.78 is 13.1. The topological polar surface area (TPSA) is 49.4 Å². The van der Waals surface area contributed by atoms with Gasteiger partial charge in [0.1, 0.15) is 5.82 Å². The zero-order valence-corrected chi connectivity index (χ0v) is 16.0. The number of benzene rings is 2.